The van der Waals surface area contributed by atoms with Gasteiger partial charge in [-0.25, -0.2) is 23.1 Å². The minimum absolute atomic E-state index is 0.209. The largest absolute Gasteiger partial charge is 0.245 e. The van der Waals surface area contributed by atoms with E-state index in [1.54, 1.807) is 35.5 Å². The number of hydrogen-bond acceptors (Lipinski definition) is 6. The molecule has 2 heterocycles. The van der Waals surface area contributed by atoms with Gasteiger partial charge >= 0.3 is 0 Å². The minimum Gasteiger partial charge on any atom is -0.245 e. The fourth-order valence-corrected chi connectivity index (χ4v) is 6.06. The van der Waals surface area contributed by atoms with Gasteiger partial charge in [0.1, 0.15) is 5.69 Å². The van der Waals surface area contributed by atoms with Gasteiger partial charge in [0.25, 0.3) is 0 Å². The van der Waals surface area contributed by atoms with Crippen LogP contribution in [0.4, 0.5) is 5.69 Å². The highest BCUT2D eigenvalue weighted by Crippen LogP contribution is 2.43. The van der Waals surface area contributed by atoms with Crippen molar-refractivity contribution in [2.45, 2.75) is 33.8 Å². The summed E-state index contributed by atoms with van der Waals surface area (Å²) < 4.78 is 29.0. The molecule has 150 valence electrons. The van der Waals surface area contributed by atoms with E-state index < -0.39 is 10.0 Å². The van der Waals surface area contributed by atoms with E-state index in [1.807, 2.05) is 31.2 Å². The van der Waals surface area contributed by atoms with Crippen LogP contribution in [0.1, 0.15) is 31.0 Å². The molecule has 0 saturated carbocycles. The first-order chi connectivity index (χ1) is 14.0. The van der Waals surface area contributed by atoms with Gasteiger partial charge in [0.05, 0.1) is 26.0 Å². The highest BCUT2D eigenvalue weighted by molar-refractivity contribution is 8.01. The van der Waals surface area contributed by atoms with Crippen LogP contribution in [0.25, 0.3) is 0 Å². The van der Waals surface area contributed by atoms with Gasteiger partial charge in [-0.1, -0.05) is 48.8 Å². The summed E-state index contributed by atoms with van der Waals surface area (Å²) in [6.07, 6.45) is 1.72. The third-order valence-electron chi connectivity index (χ3n) is 4.36. The zero-order valence-electron chi connectivity index (χ0n) is 15.6. The molecule has 1 aromatic heterocycles. The maximum atomic E-state index is 12.6. The molecule has 0 saturated heterocycles. The van der Waals surface area contributed by atoms with Crippen molar-refractivity contribution in [3.05, 3.63) is 64.3 Å². The number of rotatable bonds is 6. The lowest BCUT2D eigenvalue weighted by molar-refractivity contribution is 0.578. The van der Waals surface area contributed by atoms with E-state index in [-0.39, 0.29) is 4.90 Å². The smallest absolute Gasteiger partial charge is 0.240 e. The standard InChI is InChI=1S/C20H18ClN3O2S3/c1-2-3-9-23-29(25,26)15-7-8-17-16(11-15)24-18(13-5-4-6-14(21)10-13)19-20(28-17)27-12-22-19/h4-8,10-12,23H,2-3,9H2,1H3. The van der Waals surface area contributed by atoms with Crippen LogP contribution < -0.4 is 4.72 Å². The average molecular weight is 464 g/mol. The SMILES string of the molecule is CCCCNS(=O)(=O)c1ccc2c(c1)N=C(c1cccc(Cl)c1)c1ncsc1S2. The lowest BCUT2D eigenvalue weighted by Gasteiger charge is -2.09. The Labute approximate surface area is 183 Å². The van der Waals surface area contributed by atoms with Crippen LogP contribution >= 0.6 is 34.7 Å². The Morgan fingerprint density at radius 1 is 1.17 bits per heavy atom. The van der Waals surface area contributed by atoms with E-state index in [0.717, 1.165) is 33.2 Å². The van der Waals surface area contributed by atoms with Gasteiger partial charge < -0.3 is 0 Å². The second-order valence-electron chi connectivity index (χ2n) is 6.44. The molecule has 3 aromatic rings. The van der Waals surface area contributed by atoms with Crippen molar-refractivity contribution < 1.29 is 8.42 Å². The third-order valence-corrected chi connectivity index (χ3v) is 8.15. The molecule has 0 bridgehead atoms. The van der Waals surface area contributed by atoms with E-state index in [1.165, 1.54) is 11.3 Å². The van der Waals surface area contributed by atoms with Crippen molar-refractivity contribution in [2.75, 3.05) is 6.54 Å². The first kappa shape index (κ1) is 20.6. The normalized spacial score (nSPS) is 13.4. The first-order valence-corrected chi connectivity index (χ1v) is 12.6. The average Bonchev–Trinajstić information content (AvgIpc) is 3.08. The van der Waals surface area contributed by atoms with Crippen molar-refractivity contribution >= 4 is 56.1 Å². The van der Waals surface area contributed by atoms with E-state index in [2.05, 4.69) is 9.71 Å². The molecule has 0 amide bonds. The van der Waals surface area contributed by atoms with Crippen molar-refractivity contribution in [2.24, 2.45) is 4.99 Å². The molecule has 0 atom stereocenters. The summed E-state index contributed by atoms with van der Waals surface area (Å²) in [5.41, 5.74) is 4.70. The Bertz CT molecular complexity index is 1190. The second kappa shape index (κ2) is 8.57. The topological polar surface area (TPSA) is 71.4 Å². The Morgan fingerprint density at radius 3 is 2.83 bits per heavy atom. The maximum Gasteiger partial charge on any atom is 0.240 e. The van der Waals surface area contributed by atoms with Gasteiger partial charge in [0, 0.05) is 22.0 Å². The fourth-order valence-electron chi connectivity index (χ4n) is 2.88. The molecule has 0 spiro atoms. The second-order valence-corrected chi connectivity index (χ2v) is 10.8. The maximum absolute atomic E-state index is 12.6. The predicted molar refractivity (Wildman–Crippen MR) is 120 cm³/mol. The third kappa shape index (κ3) is 4.41. The lowest BCUT2D eigenvalue weighted by atomic mass is 10.1. The van der Waals surface area contributed by atoms with Crippen molar-refractivity contribution in [3.8, 4) is 0 Å². The quantitative estimate of drug-likeness (QED) is 0.383. The molecule has 0 fully saturated rings. The van der Waals surface area contributed by atoms with E-state index >= 15 is 0 Å². The van der Waals surface area contributed by atoms with Crippen LogP contribution in [0.3, 0.4) is 0 Å². The Balaban J connectivity index is 1.81. The zero-order valence-corrected chi connectivity index (χ0v) is 18.8. The molecule has 4 rings (SSSR count). The molecule has 0 unspecified atom stereocenters. The summed E-state index contributed by atoms with van der Waals surface area (Å²) in [6, 6.07) is 12.5. The predicted octanol–water partition coefficient (Wildman–Crippen LogP) is 5.51. The minimum atomic E-state index is -3.58. The Kier molecular flexibility index (Phi) is 6.08. The molecular formula is C20H18ClN3O2S3. The summed E-state index contributed by atoms with van der Waals surface area (Å²) in [6.45, 7) is 2.44. The van der Waals surface area contributed by atoms with Crippen molar-refractivity contribution in [1.29, 1.82) is 0 Å². The summed E-state index contributed by atoms with van der Waals surface area (Å²) in [4.78, 5) is 10.4. The van der Waals surface area contributed by atoms with Gasteiger partial charge in [-0.2, -0.15) is 0 Å². The number of aromatic nitrogens is 1. The Morgan fingerprint density at radius 2 is 2.03 bits per heavy atom. The number of fused-ring (bicyclic) bond motifs is 2. The van der Waals surface area contributed by atoms with Crippen molar-refractivity contribution in [3.63, 3.8) is 0 Å². The summed E-state index contributed by atoms with van der Waals surface area (Å²) in [5.74, 6) is 0. The molecule has 1 aliphatic rings. The van der Waals surface area contributed by atoms with Crippen LogP contribution in [-0.2, 0) is 10.0 Å². The number of sulfonamides is 1. The van der Waals surface area contributed by atoms with Crippen LogP contribution in [0.15, 0.2) is 67.0 Å². The van der Waals surface area contributed by atoms with Crippen LogP contribution in [0, 0.1) is 0 Å². The molecule has 9 heteroatoms. The number of unbranched alkanes of at least 4 members (excludes halogenated alkanes) is 1. The van der Waals surface area contributed by atoms with Gasteiger partial charge in [-0.05, 0) is 36.8 Å². The van der Waals surface area contributed by atoms with Gasteiger partial charge in [-0.15, -0.1) is 11.3 Å². The van der Waals surface area contributed by atoms with E-state index in [4.69, 9.17) is 16.6 Å². The number of aliphatic imine (C=N–C) groups is 1. The number of nitrogens with one attached hydrogen (secondary N) is 1. The monoisotopic (exact) mass is 463 g/mol. The van der Waals surface area contributed by atoms with Crippen LogP contribution in [-0.4, -0.2) is 25.7 Å². The van der Waals surface area contributed by atoms with Crippen LogP contribution in [0.2, 0.25) is 5.02 Å². The highest BCUT2D eigenvalue weighted by atomic mass is 35.5. The van der Waals surface area contributed by atoms with Gasteiger partial charge in [0.2, 0.25) is 10.0 Å². The molecule has 5 nitrogen and oxygen atoms in total. The fraction of sp³-hybridized carbons (Fsp3) is 0.200. The molecule has 0 radical (unpaired) electrons. The van der Waals surface area contributed by atoms with Gasteiger partial charge in [-0.3, -0.25) is 0 Å². The number of thiazole rings is 1. The lowest BCUT2D eigenvalue weighted by Crippen LogP contribution is -2.24. The van der Waals surface area contributed by atoms with E-state index in [0.29, 0.717) is 23.0 Å². The summed E-state index contributed by atoms with van der Waals surface area (Å²) in [7, 11) is -3.58. The zero-order chi connectivity index (χ0) is 20.4. The molecular weight excluding hydrogens is 446 g/mol. The number of nitrogens with zero attached hydrogens (tertiary/aromatic N) is 2. The molecule has 1 N–H and O–H groups in total. The highest BCUT2D eigenvalue weighted by Gasteiger charge is 2.23. The van der Waals surface area contributed by atoms with Crippen LogP contribution in [0.5, 0.6) is 0 Å². The number of hydrogen-bond donors (Lipinski definition) is 1. The summed E-state index contributed by atoms with van der Waals surface area (Å²) >= 11 is 9.27. The van der Waals surface area contributed by atoms with Gasteiger partial charge in [0.15, 0.2) is 0 Å². The Hall–Kier alpha value is -1.71. The molecule has 0 aliphatic carbocycles. The van der Waals surface area contributed by atoms with E-state index in [9.17, 15) is 8.42 Å². The number of halogens is 1. The summed E-state index contributed by atoms with van der Waals surface area (Å²) in [5, 5.41) is 0.607. The molecule has 2 aromatic carbocycles. The molecule has 29 heavy (non-hydrogen) atoms. The molecule has 1 aliphatic heterocycles. The number of benzene rings is 2. The van der Waals surface area contributed by atoms with Crippen molar-refractivity contribution in [1.82, 2.24) is 9.71 Å². The first-order valence-electron chi connectivity index (χ1n) is 9.08.